The Morgan fingerprint density at radius 3 is 3.00 bits per heavy atom. The Morgan fingerprint density at radius 2 is 2.29 bits per heavy atom. The molecule has 0 saturated carbocycles. The van der Waals surface area contributed by atoms with Gasteiger partial charge in [-0.1, -0.05) is 22.9 Å². The summed E-state index contributed by atoms with van der Waals surface area (Å²) >= 11 is 7.30. The Balaban J connectivity index is 2.22. The van der Waals surface area contributed by atoms with Crippen LogP contribution in [0.1, 0.15) is 6.92 Å². The van der Waals surface area contributed by atoms with Crippen LogP contribution in [0.15, 0.2) is 18.2 Å². The highest BCUT2D eigenvalue weighted by atomic mass is 35.5. The molecule has 1 amide bonds. The van der Waals surface area contributed by atoms with Crippen molar-refractivity contribution in [3.8, 4) is 0 Å². The first-order chi connectivity index (χ1) is 8.10. The molecular formula is C11H12ClN3OS. The van der Waals surface area contributed by atoms with Crippen molar-refractivity contribution in [2.45, 2.75) is 13.0 Å². The molecule has 0 bridgehead atoms. The number of carbonyl (C=O) groups excluding carboxylic acids is 1. The van der Waals surface area contributed by atoms with Gasteiger partial charge in [-0.2, -0.15) is 0 Å². The van der Waals surface area contributed by atoms with Crippen molar-refractivity contribution >= 4 is 44.2 Å². The maximum atomic E-state index is 11.7. The number of aromatic nitrogens is 1. The van der Waals surface area contributed by atoms with Crippen LogP contribution in [0.5, 0.6) is 0 Å². The molecule has 0 aliphatic rings. The van der Waals surface area contributed by atoms with Gasteiger partial charge in [0, 0.05) is 5.02 Å². The fourth-order valence-corrected chi connectivity index (χ4v) is 2.44. The standard InChI is InChI=1S/C11H12ClN3OS/c1-6(13-2)10(16)15-11-14-8-4-3-7(12)5-9(8)17-11/h3-6,13H,1-2H3,(H,14,15,16). The zero-order valence-electron chi connectivity index (χ0n) is 9.45. The normalized spacial score (nSPS) is 12.6. The first-order valence-electron chi connectivity index (χ1n) is 5.14. The second-order valence-electron chi connectivity index (χ2n) is 3.63. The number of rotatable bonds is 3. The third-order valence-electron chi connectivity index (χ3n) is 2.41. The number of hydrogen-bond acceptors (Lipinski definition) is 4. The third kappa shape index (κ3) is 2.74. The number of benzene rings is 1. The van der Waals surface area contributed by atoms with E-state index in [-0.39, 0.29) is 11.9 Å². The van der Waals surface area contributed by atoms with Crippen LogP contribution < -0.4 is 10.6 Å². The smallest absolute Gasteiger partial charge is 0.242 e. The zero-order valence-corrected chi connectivity index (χ0v) is 11.0. The Hall–Kier alpha value is -1.17. The molecule has 4 nitrogen and oxygen atoms in total. The van der Waals surface area contributed by atoms with Gasteiger partial charge >= 0.3 is 0 Å². The van der Waals surface area contributed by atoms with E-state index in [4.69, 9.17) is 11.6 Å². The van der Waals surface area contributed by atoms with Crippen LogP contribution in [0, 0.1) is 0 Å². The van der Waals surface area contributed by atoms with Crippen molar-refractivity contribution in [2.24, 2.45) is 0 Å². The largest absolute Gasteiger partial charge is 0.309 e. The molecule has 1 aromatic heterocycles. The average Bonchev–Trinajstić information content (AvgIpc) is 2.69. The summed E-state index contributed by atoms with van der Waals surface area (Å²) in [4.78, 5) is 16.0. The molecule has 1 atom stereocenters. The molecule has 0 aliphatic carbocycles. The monoisotopic (exact) mass is 269 g/mol. The van der Waals surface area contributed by atoms with Gasteiger partial charge in [0.15, 0.2) is 5.13 Å². The summed E-state index contributed by atoms with van der Waals surface area (Å²) in [6, 6.07) is 5.22. The number of likely N-dealkylation sites (N-methyl/N-ethyl adjacent to an activating group) is 1. The first kappa shape index (κ1) is 12.3. The van der Waals surface area contributed by atoms with Crippen molar-refractivity contribution in [1.82, 2.24) is 10.3 Å². The number of carbonyl (C=O) groups is 1. The van der Waals surface area contributed by atoms with E-state index in [0.717, 1.165) is 10.2 Å². The lowest BCUT2D eigenvalue weighted by Gasteiger charge is -2.08. The van der Waals surface area contributed by atoms with Gasteiger partial charge in [-0.3, -0.25) is 4.79 Å². The number of nitrogens with one attached hydrogen (secondary N) is 2. The van der Waals surface area contributed by atoms with Crippen LogP contribution in [0.25, 0.3) is 10.2 Å². The van der Waals surface area contributed by atoms with E-state index in [9.17, 15) is 4.79 Å². The molecule has 0 spiro atoms. The highest BCUT2D eigenvalue weighted by Crippen LogP contribution is 2.28. The summed E-state index contributed by atoms with van der Waals surface area (Å²) in [5.41, 5.74) is 0.840. The van der Waals surface area contributed by atoms with Gasteiger partial charge in [0.05, 0.1) is 16.3 Å². The fourth-order valence-electron chi connectivity index (χ4n) is 1.30. The minimum atomic E-state index is -0.245. The third-order valence-corrected chi connectivity index (χ3v) is 3.58. The number of halogens is 1. The summed E-state index contributed by atoms with van der Waals surface area (Å²) < 4.78 is 0.963. The Bertz CT molecular complexity index is 555. The predicted octanol–water partition coefficient (Wildman–Crippen LogP) is 2.50. The van der Waals surface area contributed by atoms with Gasteiger partial charge in [0.25, 0.3) is 0 Å². The summed E-state index contributed by atoms with van der Waals surface area (Å²) in [6.07, 6.45) is 0. The van der Waals surface area contributed by atoms with E-state index >= 15 is 0 Å². The number of thiazole rings is 1. The molecule has 90 valence electrons. The van der Waals surface area contributed by atoms with Crippen LogP contribution in [0.3, 0.4) is 0 Å². The van der Waals surface area contributed by atoms with Gasteiger partial charge < -0.3 is 10.6 Å². The molecule has 2 aromatic rings. The molecule has 0 saturated heterocycles. The summed E-state index contributed by atoms with van der Waals surface area (Å²) in [7, 11) is 1.74. The molecule has 2 rings (SSSR count). The lowest BCUT2D eigenvalue weighted by atomic mass is 10.3. The van der Waals surface area contributed by atoms with Crippen LogP contribution >= 0.6 is 22.9 Å². The van der Waals surface area contributed by atoms with Gasteiger partial charge in [0.2, 0.25) is 5.91 Å². The molecular weight excluding hydrogens is 258 g/mol. The topological polar surface area (TPSA) is 54.0 Å². The van der Waals surface area contributed by atoms with Crippen molar-refractivity contribution in [3.05, 3.63) is 23.2 Å². The van der Waals surface area contributed by atoms with Crippen molar-refractivity contribution in [3.63, 3.8) is 0 Å². The molecule has 17 heavy (non-hydrogen) atoms. The first-order valence-corrected chi connectivity index (χ1v) is 6.34. The molecule has 6 heteroatoms. The van der Waals surface area contributed by atoms with Gasteiger partial charge in [-0.05, 0) is 32.2 Å². The van der Waals surface area contributed by atoms with Gasteiger partial charge in [-0.25, -0.2) is 4.98 Å². The molecule has 0 radical (unpaired) electrons. The maximum absolute atomic E-state index is 11.7. The quantitative estimate of drug-likeness (QED) is 0.900. The molecule has 1 aromatic carbocycles. The minimum absolute atomic E-state index is 0.0994. The number of anilines is 1. The molecule has 1 unspecified atom stereocenters. The van der Waals surface area contributed by atoms with Crippen LogP contribution in [-0.4, -0.2) is 24.0 Å². The summed E-state index contributed by atoms with van der Waals surface area (Å²) in [5.74, 6) is -0.0994. The predicted molar refractivity (Wildman–Crippen MR) is 71.8 cm³/mol. The van der Waals surface area contributed by atoms with Crippen LogP contribution in [-0.2, 0) is 4.79 Å². The lowest BCUT2D eigenvalue weighted by Crippen LogP contribution is -2.35. The van der Waals surface area contributed by atoms with E-state index in [1.54, 1.807) is 20.0 Å². The second-order valence-corrected chi connectivity index (χ2v) is 5.10. The Kier molecular flexibility index (Phi) is 3.61. The van der Waals surface area contributed by atoms with Crippen LogP contribution in [0.4, 0.5) is 5.13 Å². The molecule has 2 N–H and O–H groups in total. The number of fused-ring (bicyclic) bond motifs is 1. The van der Waals surface area contributed by atoms with Crippen molar-refractivity contribution < 1.29 is 4.79 Å². The highest BCUT2D eigenvalue weighted by molar-refractivity contribution is 7.22. The minimum Gasteiger partial charge on any atom is -0.309 e. The Morgan fingerprint density at radius 1 is 1.53 bits per heavy atom. The summed E-state index contributed by atoms with van der Waals surface area (Å²) in [5, 5.41) is 6.90. The van der Waals surface area contributed by atoms with E-state index in [2.05, 4.69) is 15.6 Å². The summed E-state index contributed by atoms with van der Waals surface area (Å²) in [6.45, 7) is 1.79. The van der Waals surface area contributed by atoms with Gasteiger partial charge in [0.1, 0.15) is 0 Å². The van der Waals surface area contributed by atoms with E-state index in [1.807, 2.05) is 12.1 Å². The highest BCUT2D eigenvalue weighted by Gasteiger charge is 2.12. The average molecular weight is 270 g/mol. The van der Waals surface area contributed by atoms with Gasteiger partial charge in [-0.15, -0.1) is 0 Å². The zero-order chi connectivity index (χ0) is 12.4. The molecule has 0 fully saturated rings. The fraction of sp³-hybridized carbons (Fsp3) is 0.273. The van der Waals surface area contributed by atoms with E-state index in [1.165, 1.54) is 11.3 Å². The number of amides is 1. The molecule has 0 aliphatic heterocycles. The number of hydrogen-bond donors (Lipinski definition) is 2. The van der Waals surface area contributed by atoms with E-state index < -0.39 is 0 Å². The molecule has 1 heterocycles. The second kappa shape index (κ2) is 5.00. The lowest BCUT2D eigenvalue weighted by molar-refractivity contribution is -0.117. The maximum Gasteiger partial charge on any atom is 0.242 e. The van der Waals surface area contributed by atoms with Crippen LogP contribution in [0.2, 0.25) is 5.02 Å². The Labute approximate surface area is 108 Å². The SMILES string of the molecule is CNC(C)C(=O)Nc1nc2ccc(Cl)cc2s1. The van der Waals surface area contributed by atoms with Crippen molar-refractivity contribution in [1.29, 1.82) is 0 Å². The van der Waals surface area contributed by atoms with Crippen molar-refractivity contribution in [2.75, 3.05) is 12.4 Å². The number of nitrogens with zero attached hydrogens (tertiary/aromatic N) is 1. The van der Waals surface area contributed by atoms with E-state index in [0.29, 0.717) is 10.2 Å².